The molecule has 0 bridgehead atoms. The van der Waals surface area contributed by atoms with Crippen LogP contribution in [0.25, 0.3) is 0 Å². The molecule has 0 saturated heterocycles. The van der Waals surface area contributed by atoms with Crippen LogP contribution in [0.3, 0.4) is 0 Å². The summed E-state index contributed by atoms with van der Waals surface area (Å²) >= 11 is 0. The fraction of sp³-hybridized carbons (Fsp3) is 0.200. The number of hydrogen-bond acceptors (Lipinski definition) is 3. The molecule has 0 aliphatic carbocycles. The summed E-state index contributed by atoms with van der Waals surface area (Å²) in [5.74, 6) is -1.57. The fourth-order valence-electron chi connectivity index (χ4n) is 1.05. The van der Waals surface area contributed by atoms with Gasteiger partial charge < -0.3 is 16.2 Å². The number of nitrogens with one attached hydrogen (secondary N) is 1. The van der Waals surface area contributed by atoms with Crippen molar-refractivity contribution in [2.24, 2.45) is 5.73 Å². The molecule has 4 N–H and O–H groups in total. The zero-order chi connectivity index (χ0) is 11.3. The third-order valence-corrected chi connectivity index (χ3v) is 1.88. The predicted molar refractivity (Wildman–Crippen MR) is 54.4 cm³/mol. The molecule has 1 atom stereocenters. The fourth-order valence-corrected chi connectivity index (χ4v) is 1.05. The van der Waals surface area contributed by atoms with Crippen molar-refractivity contribution in [1.82, 2.24) is 5.32 Å². The maximum atomic E-state index is 11.5. The monoisotopic (exact) mass is 208 g/mol. The second kappa shape index (κ2) is 5.11. The van der Waals surface area contributed by atoms with Crippen molar-refractivity contribution in [1.29, 1.82) is 0 Å². The molecule has 5 nitrogen and oxygen atoms in total. The Morgan fingerprint density at radius 3 is 2.40 bits per heavy atom. The molecule has 0 saturated carbocycles. The van der Waals surface area contributed by atoms with Crippen molar-refractivity contribution >= 4 is 11.9 Å². The van der Waals surface area contributed by atoms with Crippen LogP contribution in [0.4, 0.5) is 0 Å². The van der Waals surface area contributed by atoms with Crippen LogP contribution in [0.5, 0.6) is 0 Å². The molecule has 80 valence electrons. The largest absolute Gasteiger partial charge is 0.480 e. The van der Waals surface area contributed by atoms with E-state index in [9.17, 15) is 9.59 Å². The average molecular weight is 208 g/mol. The highest BCUT2D eigenvalue weighted by molar-refractivity contribution is 5.96. The quantitative estimate of drug-likeness (QED) is 0.640. The van der Waals surface area contributed by atoms with Gasteiger partial charge in [0, 0.05) is 12.1 Å². The summed E-state index contributed by atoms with van der Waals surface area (Å²) in [6, 6.07) is 7.34. The van der Waals surface area contributed by atoms with E-state index in [4.69, 9.17) is 10.8 Å². The molecular formula is C10H12N2O3. The zero-order valence-electron chi connectivity index (χ0n) is 8.01. The van der Waals surface area contributed by atoms with Crippen molar-refractivity contribution in [3.8, 4) is 0 Å². The molecule has 0 aliphatic rings. The Bertz CT molecular complexity index is 351. The van der Waals surface area contributed by atoms with E-state index in [-0.39, 0.29) is 6.54 Å². The zero-order valence-corrected chi connectivity index (χ0v) is 8.01. The summed E-state index contributed by atoms with van der Waals surface area (Å²) in [4.78, 5) is 22.1. The summed E-state index contributed by atoms with van der Waals surface area (Å²) in [6.07, 6.45) is 0. The average Bonchev–Trinajstić information content (AvgIpc) is 2.26. The highest BCUT2D eigenvalue weighted by Crippen LogP contribution is 1.98. The van der Waals surface area contributed by atoms with Crippen LogP contribution in [-0.2, 0) is 4.79 Å². The SMILES string of the molecule is NC[C@H](NC(=O)c1ccccc1)C(=O)O. The van der Waals surface area contributed by atoms with E-state index in [1.807, 2.05) is 0 Å². The molecule has 0 radical (unpaired) electrons. The smallest absolute Gasteiger partial charge is 0.327 e. The van der Waals surface area contributed by atoms with Crippen molar-refractivity contribution in [2.75, 3.05) is 6.54 Å². The number of hydrogen-bond donors (Lipinski definition) is 3. The van der Waals surface area contributed by atoms with Gasteiger partial charge in [-0.1, -0.05) is 18.2 Å². The Morgan fingerprint density at radius 2 is 1.93 bits per heavy atom. The molecular weight excluding hydrogens is 196 g/mol. The van der Waals surface area contributed by atoms with Crippen molar-refractivity contribution in [2.45, 2.75) is 6.04 Å². The summed E-state index contributed by atoms with van der Waals surface area (Å²) in [5.41, 5.74) is 5.62. The number of carboxylic acid groups (broad SMARTS) is 1. The highest BCUT2D eigenvalue weighted by Gasteiger charge is 2.18. The number of amides is 1. The molecule has 0 unspecified atom stereocenters. The number of carboxylic acids is 1. The van der Waals surface area contributed by atoms with Gasteiger partial charge in [-0.3, -0.25) is 4.79 Å². The summed E-state index contributed by atoms with van der Waals surface area (Å²) in [7, 11) is 0. The molecule has 5 heteroatoms. The number of rotatable bonds is 4. The highest BCUT2D eigenvalue weighted by atomic mass is 16.4. The minimum Gasteiger partial charge on any atom is -0.480 e. The molecule has 0 spiro atoms. The lowest BCUT2D eigenvalue weighted by atomic mass is 10.2. The lowest BCUT2D eigenvalue weighted by Gasteiger charge is -2.11. The van der Waals surface area contributed by atoms with Crippen molar-refractivity contribution < 1.29 is 14.7 Å². The predicted octanol–water partition coefficient (Wildman–Crippen LogP) is -0.172. The van der Waals surface area contributed by atoms with Gasteiger partial charge >= 0.3 is 5.97 Å². The molecule has 0 aromatic heterocycles. The Hall–Kier alpha value is -1.88. The summed E-state index contributed by atoms with van der Waals surface area (Å²) < 4.78 is 0. The number of benzene rings is 1. The van der Waals surface area contributed by atoms with Crippen LogP contribution in [0.15, 0.2) is 30.3 Å². The van der Waals surface area contributed by atoms with Crippen molar-refractivity contribution in [3.63, 3.8) is 0 Å². The van der Waals surface area contributed by atoms with Gasteiger partial charge in [0.25, 0.3) is 5.91 Å². The van der Waals surface area contributed by atoms with E-state index < -0.39 is 17.9 Å². The Kier molecular flexibility index (Phi) is 3.82. The van der Waals surface area contributed by atoms with E-state index in [2.05, 4.69) is 5.32 Å². The molecule has 1 aromatic rings. The van der Waals surface area contributed by atoms with Crippen LogP contribution < -0.4 is 11.1 Å². The lowest BCUT2D eigenvalue weighted by molar-refractivity contribution is -0.138. The minimum absolute atomic E-state index is 0.131. The van der Waals surface area contributed by atoms with Gasteiger partial charge in [-0.15, -0.1) is 0 Å². The van der Waals surface area contributed by atoms with Crippen LogP contribution >= 0.6 is 0 Å². The first-order chi connectivity index (χ1) is 7.15. The normalized spacial score (nSPS) is 11.8. The van der Waals surface area contributed by atoms with Gasteiger partial charge in [0.15, 0.2) is 0 Å². The maximum Gasteiger partial charge on any atom is 0.327 e. The third-order valence-electron chi connectivity index (χ3n) is 1.88. The van der Waals surface area contributed by atoms with E-state index in [1.54, 1.807) is 30.3 Å². The third kappa shape index (κ3) is 3.07. The Morgan fingerprint density at radius 1 is 1.33 bits per heavy atom. The molecule has 0 aliphatic heterocycles. The van der Waals surface area contributed by atoms with Crippen LogP contribution in [0, 0.1) is 0 Å². The Balaban J connectivity index is 2.67. The second-order valence-electron chi connectivity index (χ2n) is 2.97. The first kappa shape index (κ1) is 11.2. The molecule has 0 fully saturated rings. The summed E-state index contributed by atoms with van der Waals surface area (Å²) in [6.45, 7) is -0.131. The first-order valence-electron chi connectivity index (χ1n) is 4.44. The minimum atomic E-state index is -1.14. The van der Waals surface area contributed by atoms with Gasteiger partial charge in [0.2, 0.25) is 0 Å². The van der Waals surface area contributed by atoms with Crippen molar-refractivity contribution in [3.05, 3.63) is 35.9 Å². The van der Waals surface area contributed by atoms with E-state index in [0.29, 0.717) is 5.56 Å². The number of carbonyl (C=O) groups is 2. The topological polar surface area (TPSA) is 92.4 Å². The molecule has 1 amide bonds. The van der Waals surface area contributed by atoms with E-state index in [0.717, 1.165) is 0 Å². The van der Waals surface area contributed by atoms with Gasteiger partial charge in [0.1, 0.15) is 6.04 Å². The standard InChI is InChI=1S/C10H12N2O3/c11-6-8(10(14)15)12-9(13)7-4-2-1-3-5-7/h1-5,8H,6,11H2,(H,12,13)(H,14,15)/t8-/m0/s1. The number of aliphatic carboxylic acids is 1. The molecule has 15 heavy (non-hydrogen) atoms. The van der Waals surface area contributed by atoms with Gasteiger partial charge in [0.05, 0.1) is 0 Å². The maximum absolute atomic E-state index is 11.5. The molecule has 0 heterocycles. The molecule has 1 aromatic carbocycles. The van der Waals surface area contributed by atoms with Gasteiger partial charge in [-0.05, 0) is 12.1 Å². The number of nitrogens with two attached hydrogens (primary N) is 1. The first-order valence-corrected chi connectivity index (χ1v) is 4.44. The van der Waals surface area contributed by atoms with Crippen LogP contribution in [-0.4, -0.2) is 29.6 Å². The second-order valence-corrected chi connectivity index (χ2v) is 2.97. The van der Waals surface area contributed by atoms with E-state index >= 15 is 0 Å². The van der Waals surface area contributed by atoms with E-state index in [1.165, 1.54) is 0 Å². The van der Waals surface area contributed by atoms with Crippen LogP contribution in [0.2, 0.25) is 0 Å². The lowest BCUT2D eigenvalue weighted by Crippen LogP contribution is -2.45. The van der Waals surface area contributed by atoms with Gasteiger partial charge in [-0.25, -0.2) is 4.79 Å². The number of carbonyl (C=O) groups excluding carboxylic acids is 1. The van der Waals surface area contributed by atoms with Crippen LogP contribution in [0.1, 0.15) is 10.4 Å². The molecule has 1 rings (SSSR count). The van der Waals surface area contributed by atoms with Gasteiger partial charge in [-0.2, -0.15) is 0 Å². The summed E-state index contributed by atoms with van der Waals surface area (Å²) in [5, 5.41) is 11.0. The Labute approximate surface area is 86.9 Å².